The molecule has 1 saturated carbocycles. The first-order valence-corrected chi connectivity index (χ1v) is 7.05. The van der Waals surface area contributed by atoms with Crippen LogP contribution < -0.4 is 10.1 Å². The summed E-state index contributed by atoms with van der Waals surface area (Å²) < 4.78 is 5.29. The summed E-state index contributed by atoms with van der Waals surface area (Å²) in [5, 5.41) is 3.66. The van der Waals surface area contributed by atoms with Gasteiger partial charge in [-0.3, -0.25) is 0 Å². The Morgan fingerprint density at radius 2 is 2.11 bits per heavy atom. The normalized spacial score (nSPS) is 16.9. The van der Waals surface area contributed by atoms with Gasteiger partial charge in [0.25, 0.3) is 0 Å². The Kier molecular flexibility index (Phi) is 4.65. The highest BCUT2D eigenvalue weighted by Gasteiger charge is 2.23. The van der Waals surface area contributed by atoms with Gasteiger partial charge in [0, 0.05) is 6.04 Å². The molecule has 1 unspecified atom stereocenters. The molecule has 0 saturated heterocycles. The number of benzene rings is 1. The van der Waals surface area contributed by atoms with Crippen LogP contribution in [-0.4, -0.2) is 19.7 Å². The molecular formula is C16H25NO. The maximum Gasteiger partial charge on any atom is 0.119 e. The van der Waals surface area contributed by atoms with Crippen molar-refractivity contribution in [2.75, 3.05) is 13.7 Å². The zero-order valence-corrected chi connectivity index (χ0v) is 11.8. The molecule has 2 nitrogen and oxygen atoms in total. The SMILES string of the molecule is COc1cccc(CC(CNC2CC2)C(C)C)c1. The van der Waals surface area contributed by atoms with Crippen LogP contribution in [0.5, 0.6) is 5.75 Å². The van der Waals surface area contributed by atoms with E-state index >= 15 is 0 Å². The Hall–Kier alpha value is -1.02. The van der Waals surface area contributed by atoms with Gasteiger partial charge in [-0.1, -0.05) is 26.0 Å². The van der Waals surface area contributed by atoms with Crippen LogP contribution in [0.4, 0.5) is 0 Å². The van der Waals surface area contributed by atoms with Gasteiger partial charge in [-0.2, -0.15) is 0 Å². The lowest BCUT2D eigenvalue weighted by Gasteiger charge is -2.21. The highest BCUT2D eigenvalue weighted by Crippen LogP contribution is 2.23. The average Bonchev–Trinajstić information content (AvgIpc) is 3.18. The van der Waals surface area contributed by atoms with Crippen molar-refractivity contribution < 1.29 is 4.74 Å². The molecule has 0 spiro atoms. The van der Waals surface area contributed by atoms with Crippen molar-refractivity contribution in [1.29, 1.82) is 0 Å². The monoisotopic (exact) mass is 247 g/mol. The molecule has 1 aromatic carbocycles. The predicted octanol–water partition coefficient (Wildman–Crippen LogP) is 3.26. The van der Waals surface area contributed by atoms with Gasteiger partial charge in [0.15, 0.2) is 0 Å². The number of hydrogen-bond donors (Lipinski definition) is 1. The van der Waals surface area contributed by atoms with Gasteiger partial charge in [0.2, 0.25) is 0 Å². The van der Waals surface area contributed by atoms with E-state index in [2.05, 4.69) is 37.4 Å². The number of hydrogen-bond acceptors (Lipinski definition) is 2. The van der Waals surface area contributed by atoms with Crippen molar-refractivity contribution in [3.05, 3.63) is 29.8 Å². The van der Waals surface area contributed by atoms with Crippen molar-refractivity contribution >= 4 is 0 Å². The molecule has 2 heteroatoms. The minimum atomic E-state index is 0.706. The lowest BCUT2D eigenvalue weighted by atomic mass is 9.89. The molecule has 18 heavy (non-hydrogen) atoms. The largest absolute Gasteiger partial charge is 0.497 e. The summed E-state index contributed by atoms with van der Waals surface area (Å²) in [6.45, 7) is 5.78. The van der Waals surface area contributed by atoms with Crippen LogP contribution in [0.3, 0.4) is 0 Å². The number of methoxy groups -OCH3 is 1. The zero-order chi connectivity index (χ0) is 13.0. The van der Waals surface area contributed by atoms with E-state index in [0.717, 1.165) is 24.8 Å². The van der Waals surface area contributed by atoms with Crippen molar-refractivity contribution in [1.82, 2.24) is 5.32 Å². The van der Waals surface area contributed by atoms with E-state index < -0.39 is 0 Å². The fraction of sp³-hybridized carbons (Fsp3) is 0.625. The van der Waals surface area contributed by atoms with Crippen LogP contribution >= 0.6 is 0 Å². The summed E-state index contributed by atoms with van der Waals surface area (Å²) in [5.74, 6) is 2.38. The van der Waals surface area contributed by atoms with E-state index in [-0.39, 0.29) is 0 Å². The molecule has 1 atom stereocenters. The zero-order valence-electron chi connectivity index (χ0n) is 11.8. The Balaban J connectivity index is 1.93. The van der Waals surface area contributed by atoms with Gasteiger partial charge in [-0.25, -0.2) is 0 Å². The van der Waals surface area contributed by atoms with Gasteiger partial charge < -0.3 is 10.1 Å². The first-order chi connectivity index (χ1) is 8.69. The third kappa shape index (κ3) is 4.02. The van der Waals surface area contributed by atoms with Crippen LogP contribution in [0.15, 0.2) is 24.3 Å². The highest BCUT2D eigenvalue weighted by molar-refractivity contribution is 5.28. The first kappa shape index (κ1) is 13.4. The lowest BCUT2D eigenvalue weighted by Crippen LogP contribution is -2.29. The molecule has 1 aliphatic rings. The molecule has 100 valence electrons. The maximum atomic E-state index is 5.29. The molecule has 1 aromatic rings. The lowest BCUT2D eigenvalue weighted by molar-refractivity contribution is 0.358. The Morgan fingerprint density at radius 1 is 1.33 bits per heavy atom. The number of rotatable bonds is 7. The second-order valence-corrected chi connectivity index (χ2v) is 5.74. The molecule has 1 N–H and O–H groups in total. The predicted molar refractivity (Wildman–Crippen MR) is 76.1 cm³/mol. The second kappa shape index (κ2) is 6.24. The number of ether oxygens (including phenoxy) is 1. The first-order valence-electron chi connectivity index (χ1n) is 7.05. The molecule has 1 aliphatic carbocycles. The van der Waals surface area contributed by atoms with Crippen LogP contribution in [0.1, 0.15) is 32.3 Å². The average molecular weight is 247 g/mol. The summed E-state index contributed by atoms with van der Waals surface area (Å²) in [7, 11) is 1.73. The van der Waals surface area contributed by atoms with Gasteiger partial charge >= 0.3 is 0 Å². The van der Waals surface area contributed by atoms with Crippen molar-refractivity contribution in [3.8, 4) is 5.75 Å². The summed E-state index contributed by atoms with van der Waals surface area (Å²) in [5.41, 5.74) is 1.38. The van der Waals surface area contributed by atoms with E-state index in [0.29, 0.717) is 11.8 Å². The Bertz CT molecular complexity index is 371. The summed E-state index contributed by atoms with van der Waals surface area (Å²) in [6, 6.07) is 9.26. The van der Waals surface area contributed by atoms with Crippen molar-refractivity contribution in [2.24, 2.45) is 11.8 Å². The van der Waals surface area contributed by atoms with Crippen LogP contribution in [-0.2, 0) is 6.42 Å². The fourth-order valence-corrected chi connectivity index (χ4v) is 2.25. The smallest absolute Gasteiger partial charge is 0.119 e. The molecule has 0 bridgehead atoms. The van der Waals surface area contributed by atoms with Crippen LogP contribution in [0.2, 0.25) is 0 Å². The van der Waals surface area contributed by atoms with Crippen LogP contribution in [0.25, 0.3) is 0 Å². The molecule has 0 aliphatic heterocycles. The maximum absolute atomic E-state index is 5.29. The Morgan fingerprint density at radius 3 is 2.72 bits per heavy atom. The van der Waals surface area contributed by atoms with Gasteiger partial charge in [-0.05, 0) is 55.3 Å². The molecule has 0 aromatic heterocycles. The highest BCUT2D eigenvalue weighted by atomic mass is 16.5. The minimum absolute atomic E-state index is 0.706. The molecule has 2 rings (SSSR count). The summed E-state index contributed by atoms with van der Waals surface area (Å²) >= 11 is 0. The Labute approximate surface area is 111 Å². The van der Waals surface area contributed by atoms with Crippen molar-refractivity contribution in [2.45, 2.75) is 39.2 Å². The summed E-state index contributed by atoms with van der Waals surface area (Å²) in [4.78, 5) is 0. The second-order valence-electron chi connectivity index (χ2n) is 5.74. The third-order valence-electron chi connectivity index (χ3n) is 3.82. The van der Waals surface area contributed by atoms with Gasteiger partial charge in [0.05, 0.1) is 7.11 Å². The van der Waals surface area contributed by atoms with E-state index in [4.69, 9.17) is 4.74 Å². The topological polar surface area (TPSA) is 21.3 Å². The quantitative estimate of drug-likeness (QED) is 0.798. The molecule has 0 radical (unpaired) electrons. The van der Waals surface area contributed by atoms with E-state index in [1.165, 1.54) is 18.4 Å². The third-order valence-corrected chi connectivity index (χ3v) is 3.82. The molecule has 0 heterocycles. The van der Waals surface area contributed by atoms with E-state index in [1.807, 2.05) is 6.07 Å². The molecule has 0 amide bonds. The summed E-state index contributed by atoms with van der Waals surface area (Å²) in [6.07, 6.45) is 3.86. The van der Waals surface area contributed by atoms with Crippen molar-refractivity contribution in [3.63, 3.8) is 0 Å². The van der Waals surface area contributed by atoms with Gasteiger partial charge in [-0.15, -0.1) is 0 Å². The van der Waals surface area contributed by atoms with E-state index in [1.54, 1.807) is 7.11 Å². The molecular weight excluding hydrogens is 222 g/mol. The number of nitrogens with one attached hydrogen (secondary N) is 1. The van der Waals surface area contributed by atoms with E-state index in [9.17, 15) is 0 Å². The fourth-order valence-electron chi connectivity index (χ4n) is 2.25. The van der Waals surface area contributed by atoms with Crippen LogP contribution in [0, 0.1) is 11.8 Å². The van der Waals surface area contributed by atoms with Gasteiger partial charge in [0.1, 0.15) is 5.75 Å². The molecule has 1 fully saturated rings. The minimum Gasteiger partial charge on any atom is -0.497 e. The standard InChI is InChI=1S/C16H25NO/c1-12(2)14(11-17-15-7-8-15)9-13-5-4-6-16(10-13)18-3/h4-6,10,12,14-15,17H,7-9,11H2,1-3H3.